The van der Waals surface area contributed by atoms with Crippen LogP contribution in [0.5, 0.6) is 0 Å². The second kappa shape index (κ2) is 3.43. The molecular formula is C11H16FN3. The average molecular weight is 209 g/mol. The molecule has 4 heteroatoms. The lowest BCUT2D eigenvalue weighted by atomic mass is 9.99. The van der Waals surface area contributed by atoms with Gasteiger partial charge < -0.3 is 5.32 Å². The summed E-state index contributed by atoms with van der Waals surface area (Å²) in [5, 5.41) is 3.16. The van der Waals surface area contributed by atoms with Crippen molar-refractivity contribution in [2.24, 2.45) is 5.92 Å². The molecule has 0 radical (unpaired) electrons. The van der Waals surface area contributed by atoms with E-state index in [0.717, 1.165) is 0 Å². The first-order valence-electron chi connectivity index (χ1n) is 5.26. The van der Waals surface area contributed by atoms with Crippen molar-refractivity contribution in [1.82, 2.24) is 9.97 Å². The number of nitrogens with zero attached hydrogens (tertiary/aromatic N) is 2. The van der Waals surface area contributed by atoms with E-state index in [9.17, 15) is 4.39 Å². The maximum atomic E-state index is 13.6. The summed E-state index contributed by atoms with van der Waals surface area (Å²) in [4.78, 5) is 7.74. The van der Waals surface area contributed by atoms with Gasteiger partial charge in [-0.15, -0.1) is 0 Å². The maximum absolute atomic E-state index is 13.6. The third-order valence-electron chi connectivity index (χ3n) is 3.00. The topological polar surface area (TPSA) is 37.8 Å². The van der Waals surface area contributed by atoms with Crippen LogP contribution in [0, 0.1) is 18.7 Å². The highest BCUT2D eigenvalue weighted by Gasteiger charge is 2.38. The standard InChI is InChI=1S/C11H16FN3/c1-7-9(12)10(14-6-13-7)15-11(2,3)8-4-5-8/h6,8H,4-5H2,1-3H3,(H,13,14,15). The van der Waals surface area contributed by atoms with E-state index in [1.165, 1.54) is 19.2 Å². The fourth-order valence-corrected chi connectivity index (χ4v) is 1.76. The van der Waals surface area contributed by atoms with Crippen LogP contribution < -0.4 is 5.32 Å². The molecule has 0 aromatic carbocycles. The zero-order chi connectivity index (χ0) is 11.1. The van der Waals surface area contributed by atoms with Crippen molar-refractivity contribution in [3.8, 4) is 0 Å². The normalized spacial score (nSPS) is 16.5. The molecule has 1 N–H and O–H groups in total. The van der Waals surface area contributed by atoms with Crippen molar-refractivity contribution in [3.63, 3.8) is 0 Å². The third-order valence-corrected chi connectivity index (χ3v) is 3.00. The molecule has 2 rings (SSSR count). The Bertz CT molecular complexity index is 372. The predicted octanol–water partition coefficient (Wildman–Crippen LogP) is 2.52. The van der Waals surface area contributed by atoms with Crippen LogP contribution in [-0.4, -0.2) is 15.5 Å². The van der Waals surface area contributed by atoms with Crippen LogP contribution in [0.2, 0.25) is 0 Å². The van der Waals surface area contributed by atoms with Gasteiger partial charge in [0.15, 0.2) is 11.6 Å². The zero-order valence-electron chi connectivity index (χ0n) is 9.34. The monoisotopic (exact) mass is 209 g/mol. The lowest BCUT2D eigenvalue weighted by molar-refractivity contribution is 0.484. The minimum absolute atomic E-state index is 0.0817. The minimum Gasteiger partial charge on any atom is -0.362 e. The van der Waals surface area contributed by atoms with Gasteiger partial charge in [0.2, 0.25) is 0 Å². The average Bonchev–Trinajstić information content (AvgIpc) is 2.95. The number of hydrogen-bond donors (Lipinski definition) is 1. The Morgan fingerprint density at radius 2 is 2.07 bits per heavy atom. The smallest absolute Gasteiger partial charge is 0.186 e. The van der Waals surface area contributed by atoms with E-state index in [-0.39, 0.29) is 11.4 Å². The number of aryl methyl sites for hydroxylation is 1. The van der Waals surface area contributed by atoms with Gasteiger partial charge in [0, 0.05) is 5.54 Å². The lowest BCUT2D eigenvalue weighted by Crippen LogP contribution is -2.34. The number of anilines is 1. The summed E-state index contributed by atoms with van der Waals surface area (Å²) in [6, 6.07) is 0. The highest BCUT2D eigenvalue weighted by molar-refractivity contribution is 5.40. The Morgan fingerprint density at radius 1 is 1.40 bits per heavy atom. The molecule has 0 bridgehead atoms. The second-order valence-corrected chi connectivity index (χ2v) is 4.74. The van der Waals surface area contributed by atoms with Gasteiger partial charge in [-0.2, -0.15) is 0 Å². The summed E-state index contributed by atoms with van der Waals surface area (Å²) >= 11 is 0. The third kappa shape index (κ3) is 2.08. The van der Waals surface area contributed by atoms with Crippen molar-refractivity contribution >= 4 is 5.82 Å². The Labute approximate surface area is 89.1 Å². The molecule has 1 aromatic heterocycles. The van der Waals surface area contributed by atoms with Gasteiger partial charge in [-0.05, 0) is 39.5 Å². The van der Waals surface area contributed by atoms with Gasteiger partial charge in [-0.1, -0.05) is 0 Å². The summed E-state index contributed by atoms with van der Waals surface area (Å²) in [7, 11) is 0. The first-order chi connectivity index (χ1) is 7.00. The Balaban J connectivity index is 2.20. The Kier molecular flexibility index (Phi) is 2.37. The van der Waals surface area contributed by atoms with E-state index < -0.39 is 0 Å². The van der Waals surface area contributed by atoms with Gasteiger partial charge >= 0.3 is 0 Å². The van der Waals surface area contributed by atoms with E-state index >= 15 is 0 Å². The van der Waals surface area contributed by atoms with Gasteiger partial charge in [0.25, 0.3) is 0 Å². The summed E-state index contributed by atoms with van der Waals surface area (Å²) in [6.45, 7) is 5.81. The van der Waals surface area contributed by atoms with E-state index in [1.807, 2.05) is 0 Å². The molecule has 0 unspecified atom stereocenters. The van der Waals surface area contributed by atoms with E-state index in [2.05, 4.69) is 29.1 Å². The molecular weight excluding hydrogens is 193 g/mol. The summed E-state index contributed by atoms with van der Waals surface area (Å²) in [5.74, 6) is 0.609. The fraction of sp³-hybridized carbons (Fsp3) is 0.636. The molecule has 1 aliphatic carbocycles. The van der Waals surface area contributed by atoms with Crippen molar-refractivity contribution in [3.05, 3.63) is 17.8 Å². The van der Waals surface area contributed by atoms with E-state index in [0.29, 0.717) is 17.4 Å². The van der Waals surface area contributed by atoms with Crippen LogP contribution in [-0.2, 0) is 0 Å². The van der Waals surface area contributed by atoms with E-state index in [1.54, 1.807) is 6.92 Å². The summed E-state index contributed by atoms with van der Waals surface area (Å²) in [6.07, 6.45) is 3.82. The van der Waals surface area contributed by atoms with Crippen LogP contribution in [0.25, 0.3) is 0 Å². The molecule has 0 atom stereocenters. The quantitative estimate of drug-likeness (QED) is 0.831. The van der Waals surface area contributed by atoms with Crippen molar-refractivity contribution in [1.29, 1.82) is 0 Å². The molecule has 1 aromatic rings. The first-order valence-corrected chi connectivity index (χ1v) is 5.26. The van der Waals surface area contributed by atoms with Gasteiger partial charge in [-0.25, -0.2) is 14.4 Å². The molecule has 1 saturated carbocycles. The highest BCUT2D eigenvalue weighted by Crippen LogP contribution is 2.41. The molecule has 1 fully saturated rings. The summed E-state index contributed by atoms with van der Waals surface area (Å²) < 4.78 is 13.6. The van der Waals surface area contributed by atoms with Gasteiger partial charge in [-0.3, -0.25) is 0 Å². The Hall–Kier alpha value is -1.19. The van der Waals surface area contributed by atoms with Crippen molar-refractivity contribution in [2.45, 2.75) is 39.2 Å². The first kappa shape index (κ1) is 10.3. The number of hydrogen-bond acceptors (Lipinski definition) is 3. The fourth-order valence-electron chi connectivity index (χ4n) is 1.76. The van der Waals surface area contributed by atoms with Crippen LogP contribution in [0.3, 0.4) is 0 Å². The zero-order valence-corrected chi connectivity index (χ0v) is 9.34. The van der Waals surface area contributed by atoms with Crippen molar-refractivity contribution in [2.75, 3.05) is 5.32 Å². The molecule has 15 heavy (non-hydrogen) atoms. The summed E-state index contributed by atoms with van der Waals surface area (Å²) in [5.41, 5.74) is 0.306. The minimum atomic E-state index is -0.341. The lowest BCUT2D eigenvalue weighted by Gasteiger charge is -2.27. The highest BCUT2D eigenvalue weighted by atomic mass is 19.1. The van der Waals surface area contributed by atoms with Crippen LogP contribution in [0.4, 0.5) is 10.2 Å². The molecule has 1 aliphatic rings. The van der Waals surface area contributed by atoms with Gasteiger partial charge in [0.05, 0.1) is 5.69 Å². The van der Waals surface area contributed by atoms with Crippen LogP contribution in [0.15, 0.2) is 6.33 Å². The maximum Gasteiger partial charge on any atom is 0.186 e. The molecule has 1 heterocycles. The number of halogens is 1. The largest absolute Gasteiger partial charge is 0.362 e. The molecule has 82 valence electrons. The Morgan fingerprint density at radius 3 is 2.67 bits per heavy atom. The number of rotatable bonds is 3. The molecule has 0 spiro atoms. The van der Waals surface area contributed by atoms with E-state index in [4.69, 9.17) is 0 Å². The van der Waals surface area contributed by atoms with Gasteiger partial charge in [0.1, 0.15) is 6.33 Å². The van der Waals surface area contributed by atoms with Crippen LogP contribution in [0.1, 0.15) is 32.4 Å². The predicted molar refractivity (Wildman–Crippen MR) is 57.2 cm³/mol. The molecule has 3 nitrogen and oxygen atoms in total. The molecule has 0 aliphatic heterocycles. The SMILES string of the molecule is Cc1ncnc(NC(C)(C)C2CC2)c1F. The number of nitrogens with one attached hydrogen (secondary N) is 1. The second-order valence-electron chi connectivity index (χ2n) is 4.74. The van der Waals surface area contributed by atoms with Crippen molar-refractivity contribution < 1.29 is 4.39 Å². The number of aromatic nitrogens is 2. The van der Waals surface area contributed by atoms with Crippen LogP contribution >= 0.6 is 0 Å². The molecule has 0 amide bonds. The molecule has 0 saturated heterocycles.